The molecule has 0 spiro atoms. The molecule has 3 heteroatoms. The Labute approximate surface area is 95.6 Å². The summed E-state index contributed by atoms with van der Waals surface area (Å²) in [5.74, 6) is -3.02. The van der Waals surface area contributed by atoms with Crippen molar-refractivity contribution in [1.29, 1.82) is 0 Å². The van der Waals surface area contributed by atoms with E-state index in [1.807, 2.05) is 13.8 Å². The highest BCUT2D eigenvalue weighted by molar-refractivity contribution is 5.84. The van der Waals surface area contributed by atoms with Gasteiger partial charge >= 0.3 is 0 Å². The monoisotopic (exact) mass is 230 g/mol. The number of ketones is 1. The molecule has 0 unspecified atom stereocenters. The molecule has 0 bridgehead atoms. The first kappa shape index (κ1) is 12.0. The van der Waals surface area contributed by atoms with Crippen molar-refractivity contribution in [2.24, 2.45) is 29.6 Å². The fraction of sp³-hybridized carbons (Fsp3) is 0.923. The molecule has 0 radical (unpaired) electrons. The van der Waals surface area contributed by atoms with Crippen LogP contribution in [0.5, 0.6) is 0 Å². The zero-order valence-corrected chi connectivity index (χ0v) is 10.2. The van der Waals surface area contributed by atoms with Gasteiger partial charge in [-0.05, 0) is 17.8 Å². The van der Waals surface area contributed by atoms with Crippen molar-refractivity contribution in [3.8, 4) is 0 Å². The van der Waals surface area contributed by atoms with Gasteiger partial charge in [-0.1, -0.05) is 27.2 Å². The molecule has 0 heterocycles. The lowest BCUT2D eigenvalue weighted by atomic mass is 9.63. The van der Waals surface area contributed by atoms with E-state index >= 15 is 0 Å². The third kappa shape index (κ3) is 1.59. The van der Waals surface area contributed by atoms with Crippen LogP contribution in [0.15, 0.2) is 0 Å². The van der Waals surface area contributed by atoms with E-state index in [2.05, 4.69) is 0 Å². The molecule has 2 aliphatic rings. The van der Waals surface area contributed by atoms with Gasteiger partial charge in [-0.25, -0.2) is 8.78 Å². The van der Waals surface area contributed by atoms with Crippen LogP contribution < -0.4 is 0 Å². The van der Waals surface area contributed by atoms with Gasteiger partial charge in [0.2, 0.25) is 0 Å². The summed E-state index contributed by atoms with van der Waals surface area (Å²) in [6.07, 6.45) is 1.06. The predicted octanol–water partition coefficient (Wildman–Crippen LogP) is 3.53. The highest BCUT2D eigenvalue weighted by Crippen LogP contribution is 2.55. The van der Waals surface area contributed by atoms with Crippen LogP contribution >= 0.6 is 0 Å². The largest absolute Gasteiger partial charge is 0.299 e. The highest BCUT2D eigenvalue weighted by atomic mass is 19.3. The number of fused-ring (bicyclic) bond motifs is 1. The van der Waals surface area contributed by atoms with Gasteiger partial charge < -0.3 is 0 Å². The first-order valence-electron chi connectivity index (χ1n) is 6.29. The van der Waals surface area contributed by atoms with E-state index in [9.17, 15) is 13.6 Å². The maximum Gasteiger partial charge on any atom is 0.251 e. The Kier molecular flexibility index (Phi) is 2.83. The number of alkyl halides is 2. The minimum absolute atomic E-state index is 0.00944. The number of carbonyl (C=O) groups is 1. The first-order valence-corrected chi connectivity index (χ1v) is 6.29. The molecule has 2 fully saturated rings. The second kappa shape index (κ2) is 3.78. The molecule has 16 heavy (non-hydrogen) atoms. The van der Waals surface area contributed by atoms with Crippen molar-refractivity contribution in [2.75, 3.05) is 0 Å². The van der Waals surface area contributed by atoms with Crippen molar-refractivity contribution in [1.82, 2.24) is 0 Å². The van der Waals surface area contributed by atoms with Gasteiger partial charge in [0.15, 0.2) is 0 Å². The summed E-state index contributed by atoms with van der Waals surface area (Å²) in [4.78, 5) is 11.7. The smallest absolute Gasteiger partial charge is 0.251 e. The zero-order chi connectivity index (χ0) is 12.1. The molecule has 2 rings (SSSR count). The van der Waals surface area contributed by atoms with Gasteiger partial charge in [-0.2, -0.15) is 0 Å². The Morgan fingerprint density at radius 1 is 1.38 bits per heavy atom. The van der Waals surface area contributed by atoms with E-state index in [1.165, 1.54) is 0 Å². The molecule has 92 valence electrons. The highest BCUT2D eigenvalue weighted by Gasteiger charge is 2.57. The number of carbonyl (C=O) groups excluding carboxylic acids is 1. The number of halogens is 2. The molecule has 2 saturated carbocycles. The normalized spacial score (nSPS) is 46.8. The summed E-state index contributed by atoms with van der Waals surface area (Å²) in [6.45, 7) is 5.66. The van der Waals surface area contributed by atoms with Crippen LogP contribution in [-0.2, 0) is 4.79 Å². The van der Waals surface area contributed by atoms with E-state index < -0.39 is 11.8 Å². The van der Waals surface area contributed by atoms with E-state index in [0.717, 1.165) is 6.42 Å². The van der Waals surface area contributed by atoms with E-state index in [-0.39, 0.29) is 30.0 Å². The Hall–Kier alpha value is -0.470. The molecule has 1 nitrogen and oxygen atoms in total. The lowest BCUT2D eigenvalue weighted by Gasteiger charge is -2.44. The maximum absolute atomic E-state index is 13.8. The van der Waals surface area contributed by atoms with Crippen molar-refractivity contribution < 1.29 is 13.6 Å². The lowest BCUT2D eigenvalue weighted by molar-refractivity contribution is -0.151. The Morgan fingerprint density at radius 2 is 2.00 bits per heavy atom. The fourth-order valence-electron chi connectivity index (χ4n) is 3.94. The number of hydrogen-bond acceptors (Lipinski definition) is 1. The standard InChI is InChI=1S/C13H20F2O/c1-4-9-8(3)13(14,15)6-10-11(16)5-7(2)12(9)10/h7-10,12H,4-6H2,1-3H3/t7-,8-,9-,10-,12-/m0/s1. The van der Waals surface area contributed by atoms with Crippen LogP contribution in [0.4, 0.5) is 8.78 Å². The maximum atomic E-state index is 13.8. The zero-order valence-electron chi connectivity index (χ0n) is 10.2. The van der Waals surface area contributed by atoms with Gasteiger partial charge in [0.05, 0.1) is 0 Å². The second-order valence-electron chi connectivity index (χ2n) is 5.66. The summed E-state index contributed by atoms with van der Waals surface area (Å²) in [5, 5.41) is 0. The third-order valence-corrected chi connectivity index (χ3v) is 4.82. The quantitative estimate of drug-likeness (QED) is 0.673. The Morgan fingerprint density at radius 3 is 2.56 bits per heavy atom. The summed E-state index contributed by atoms with van der Waals surface area (Å²) < 4.78 is 27.6. The van der Waals surface area contributed by atoms with Crippen molar-refractivity contribution in [3.05, 3.63) is 0 Å². The van der Waals surface area contributed by atoms with Crippen LogP contribution in [0.25, 0.3) is 0 Å². The van der Waals surface area contributed by atoms with Crippen LogP contribution in [0.2, 0.25) is 0 Å². The van der Waals surface area contributed by atoms with E-state index in [0.29, 0.717) is 12.3 Å². The van der Waals surface area contributed by atoms with Crippen LogP contribution in [0.1, 0.15) is 40.0 Å². The molecule has 0 aromatic rings. The van der Waals surface area contributed by atoms with Crippen molar-refractivity contribution in [2.45, 2.75) is 46.0 Å². The van der Waals surface area contributed by atoms with E-state index in [4.69, 9.17) is 0 Å². The first-order chi connectivity index (χ1) is 7.38. The topological polar surface area (TPSA) is 17.1 Å². The number of Topliss-reactive ketones (excluding diaryl/α,β-unsaturated/α-hetero) is 1. The van der Waals surface area contributed by atoms with Gasteiger partial charge in [0, 0.05) is 24.7 Å². The average molecular weight is 230 g/mol. The lowest BCUT2D eigenvalue weighted by Crippen LogP contribution is -2.46. The number of hydrogen-bond donors (Lipinski definition) is 0. The fourth-order valence-corrected chi connectivity index (χ4v) is 3.94. The minimum atomic E-state index is -2.65. The minimum Gasteiger partial charge on any atom is -0.299 e. The molecule has 0 aliphatic heterocycles. The van der Waals surface area contributed by atoms with Crippen molar-refractivity contribution >= 4 is 5.78 Å². The summed E-state index contributed by atoms with van der Waals surface area (Å²) >= 11 is 0. The third-order valence-electron chi connectivity index (χ3n) is 4.82. The van der Waals surface area contributed by atoms with E-state index in [1.54, 1.807) is 6.92 Å². The summed E-state index contributed by atoms with van der Waals surface area (Å²) in [5.41, 5.74) is 0. The second-order valence-corrected chi connectivity index (χ2v) is 5.66. The summed E-state index contributed by atoms with van der Waals surface area (Å²) in [7, 11) is 0. The molecule has 5 atom stereocenters. The SMILES string of the molecule is CC[C@@H]1[C@@H]2[C@@H](C)CC(=O)[C@@H]2CC(F)(F)[C@H]1C. The number of rotatable bonds is 1. The molecule has 0 N–H and O–H groups in total. The molecular formula is C13H20F2O. The van der Waals surface area contributed by atoms with Gasteiger partial charge in [0.1, 0.15) is 5.78 Å². The Bertz CT molecular complexity index is 300. The van der Waals surface area contributed by atoms with Crippen LogP contribution in [-0.4, -0.2) is 11.7 Å². The molecule has 0 aromatic carbocycles. The summed E-state index contributed by atoms with van der Waals surface area (Å²) in [6, 6.07) is 0. The average Bonchev–Trinajstić information content (AvgIpc) is 2.44. The molecule has 0 saturated heterocycles. The molecular weight excluding hydrogens is 210 g/mol. The van der Waals surface area contributed by atoms with Crippen LogP contribution in [0, 0.1) is 29.6 Å². The van der Waals surface area contributed by atoms with Gasteiger partial charge in [0.25, 0.3) is 5.92 Å². The van der Waals surface area contributed by atoms with Gasteiger partial charge in [-0.15, -0.1) is 0 Å². The molecule has 0 aromatic heterocycles. The Balaban J connectivity index is 2.32. The van der Waals surface area contributed by atoms with Crippen molar-refractivity contribution in [3.63, 3.8) is 0 Å². The predicted molar refractivity (Wildman–Crippen MR) is 58.3 cm³/mol. The molecule has 2 aliphatic carbocycles. The molecule has 0 amide bonds. The van der Waals surface area contributed by atoms with Crippen LogP contribution in [0.3, 0.4) is 0 Å². The van der Waals surface area contributed by atoms with Gasteiger partial charge in [-0.3, -0.25) is 4.79 Å².